The van der Waals surface area contributed by atoms with E-state index < -0.39 is 5.92 Å². The molecule has 2 N–H and O–H groups in total. The number of carbonyl (C=O) groups is 1. The van der Waals surface area contributed by atoms with Gasteiger partial charge in [0.2, 0.25) is 0 Å². The van der Waals surface area contributed by atoms with Crippen molar-refractivity contribution in [2.24, 2.45) is 0 Å². The lowest BCUT2D eigenvalue weighted by Crippen LogP contribution is -2.42. The highest BCUT2D eigenvalue weighted by atomic mass is 16.3. The number of aromatic nitrogens is 1. The van der Waals surface area contributed by atoms with Crippen LogP contribution in [0.2, 0.25) is 0 Å². The highest BCUT2D eigenvalue weighted by Gasteiger charge is 2.43. The van der Waals surface area contributed by atoms with Gasteiger partial charge in [0.25, 0.3) is 0 Å². The fourth-order valence-corrected chi connectivity index (χ4v) is 4.88. The molecular weight excluding hydrogens is 410 g/mol. The Morgan fingerprint density at radius 2 is 1.88 bits per heavy atom. The molecule has 0 fully saturated rings. The van der Waals surface area contributed by atoms with E-state index in [1.807, 2.05) is 78.6 Å². The summed E-state index contributed by atoms with van der Waals surface area (Å²) in [6.45, 7) is 2.01. The highest BCUT2D eigenvalue weighted by molar-refractivity contribution is 6.19. The molecule has 0 saturated heterocycles. The second kappa shape index (κ2) is 8.51. The standard InChI is InChI=1S/C28H25N3O2/c1-18-8-5-12-21(16-18)31-22-13-6-14-23(32)25(22)24(20-11-7-15-30-17-20)26(28(31)29)27(33)19-9-3-2-4-10-19/h2-5,7-12,15-17,24,29,33H,6,13-14H2,1H3/b27-26+,29-28?. The highest BCUT2D eigenvalue weighted by Crippen LogP contribution is 2.47. The van der Waals surface area contributed by atoms with E-state index in [4.69, 9.17) is 0 Å². The molecule has 0 saturated carbocycles. The monoisotopic (exact) mass is 435 g/mol. The van der Waals surface area contributed by atoms with Crippen LogP contribution in [-0.2, 0) is 4.79 Å². The molecule has 3 aromatic rings. The minimum atomic E-state index is -0.546. The van der Waals surface area contributed by atoms with Crippen LogP contribution in [0.5, 0.6) is 0 Å². The van der Waals surface area contributed by atoms with E-state index in [1.54, 1.807) is 12.4 Å². The summed E-state index contributed by atoms with van der Waals surface area (Å²) in [5.41, 5.74) is 5.23. The van der Waals surface area contributed by atoms with Crippen LogP contribution in [0.25, 0.3) is 5.76 Å². The molecule has 5 nitrogen and oxygen atoms in total. The minimum Gasteiger partial charge on any atom is -0.507 e. The molecule has 0 amide bonds. The number of aryl methyl sites for hydroxylation is 1. The van der Waals surface area contributed by atoms with Gasteiger partial charge in [0, 0.05) is 52.8 Å². The molecule has 2 aliphatic rings. The van der Waals surface area contributed by atoms with Gasteiger partial charge in [-0.2, -0.15) is 0 Å². The van der Waals surface area contributed by atoms with Crippen molar-refractivity contribution in [3.8, 4) is 0 Å². The molecule has 2 heterocycles. The fourth-order valence-electron chi connectivity index (χ4n) is 4.88. The summed E-state index contributed by atoms with van der Waals surface area (Å²) in [5, 5.41) is 20.8. The average Bonchev–Trinajstić information content (AvgIpc) is 2.84. The molecule has 5 rings (SSSR count). The van der Waals surface area contributed by atoms with Crippen molar-refractivity contribution < 1.29 is 9.90 Å². The maximum absolute atomic E-state index is 13.4. The summed E-state index contributed by atoms with van der Waals surface area (Å²) in [5.74, 6) is -0.287. The van der Waals surface area contributed by atoms with E-state index in [-0.39, 0.29) is 17.4 Å². The van der Waals surface area contributed by atoms with Crippen LogP contribution in [0.4, 0.5) is 5.69 Å². The molecule has 164 valence electrons. The second-order valence-corrected chi connectivity index (χ2v) is 8.51. The Morgan fingerprint density at radius 3 is 2.61 bits per heavy atom. The molecule has 2 aromatic carbocycles. The van der Waals surface area contributed by atoms with Gasteiger partial charge in [0.15, 0.2) is 5.78 Å². The number of ketones is 1. The van der Waals surface area contributed by atoms with E-state index in [0.29, 0.717) is 29.6 Å². The zero-order chi connectivity index (χ0) is 22.9. The molecule has 33 heavy (non-hydrogen) atoms. The van der Waals surface area contributed by atoms with Gasteiger partial charge in [0.1, 0.15) is 11.6 Å². The number of carbonyl (C=O) groups excluding carboxylic acids is 1. The van der Waals surface area contributed by atoms with E-state index in [1.165, 1.54) is 0 Å². The number of nitrogens with one attached hydrogen (secondary N) is 1. The van der Waals surface area contributed by atoms with Gasteiger partial charge in [-0.3, -0.25) is 20.1 Å². The Hall–Kier alpha value is -3.99. The Kier molecular flexibility index (Phi) is 5.38. The number of anilines is 1. The molecule has 5 heteroatoms. The summed E-state index contributed by atoms with van der Waals surface area (Å²) in [4.78, 5) is 19.5. The molecule has 0 spiro atoms. The number of hydrogen-bond donors (Lipinski definition) is 2. The number of Topliss-reactive ketones (excluding diaryl/α,β-unsaturated/α-hetero) is 1. The lowest BCUT2D eigenvalue weighted by Gasteiger charge is -2.41. The lowest BCUT2D eigenvalue weighted by molar-refractivity contribution is -0.116. The first-order valence-electron chi connectivity index (χ1n) is 11.2. The molecule has 1 atom stereocenters. The predicted octanol–water partition coefficient (Wildman–Crippen LogP) is 5.95. The van der Waals surface area contributed by atoms with E-state index in [0.717, 1.165) is 28.9 Å². The summed E-state index contributed by atoms with van der Waals surface area (Å²) in [7, 11) is 0. The van der Waals surface area contributed by atoms with Crippen molar-refractivity contribution in [1.82, 2.24) is 4.98 Å². The number of aliphatic hydroxyl groups is 1. The smallest absolute Gasteiger partial charge is 0.161 e. The predicted molar refractivity (Wildman–Crippen MR) is 130 cm³/mol. The van der Waals surface area contributed by atoms with Crippen molar-refractivity contribution in [3.63, 3.8) is 0 Å². The van der Waals surface area contributed by atoms with Gasteiger partial charge in [-0.1, -0.05) is 48.5 Å². The molecule has 0 radical (unpaired) electrons. The largest absolute Gasteiger partial charge is 0.507 e. The summed E-state index contributed by atoms with van der Waals surface area (Å²) >= 11 is 0. The maximum Gasteiger partial charge on any atom is 0.161 e. The summed E-state index contributed by atoms with van der Waals surface area (Å²) in [6, 6.07) is 20.9. The van der Waals surface area contributed by atoms with Crippen LogP contribution < -0.4 is 4.90 Å². The summed E-state index contributed by atoms with van der Waals surface area (Å²) in [6.07, 6.45) is 5.33. The van der Waals surface area contributed by atoms with E-state index in [9.17, 15) is 15.3 Å². The first-order chi connectivity index (χ1) is 16.1. The third-order valence-electron chi connectivity index (χ3n) is 6.33. The van der Waals surface area contributed by atoms with Gasteiger partial charge >= 0.3 is 0 Å². The van der Waals surface area contributed by atoms with E-state index in [2.05, 4.69) is 4.98 Å². The minimum absolute atomic E-state index is 0.0111. The zero-order valence-corrected chi connectivity index (χ0v) is 18.5. The quantitative estimate of drug-likeness (QED) is 0.499. The Labute approximate surface area is 193 Å². The normalized spacial score (nSPS) is 20.0. The third-order valence-corrected chi connectivity index (χ3v) is 6.33. The van der Waals surface area contributed by atoms with Crippen LogP contribution in [-0.4, -0.2) is 21.7 Å². The Morgan fingerprint density at radius 1 is 1.06 bits per heavy atom. The van der Waals surface area contributed by atoms with Gasteiger partial charge < -0.3 is 5.11 Å². The molecule has 1 aliphatic carbocycles. The van der Waals surface area contributed by atoms with Gasteiger partial charge in [-0.25, -0.2) is 0 Å². The third kappa shape index (κ3) is 3.65. The summed E-state index contributed by atoms with van der Waals surface area (Å²) < 4.78 is 0. The molecule has 1 unspecified atom stereocenters. The van der Waals surface area contributed by atoms with Crippen molar-refractivity contribution in [2.75, 3.05) is 4.90 Å². The molecular formula is C28H25N3O2. The van der Waals surface area contributed by atoms with Crippen molar-refractivity contribution >= 4 is 23.1 Å². The topological polar surface area (TPSA) is 77.3 Å². The van der Waals surface area contributed by atoms with Crippen molar-refractivity contribution in [2.45, 2.75) is 32.1 Å². The Balaban J connectivity index is 1.83. The van der Waals surface area contributed by atoms with Crippen LogP contribution in [0, 0.1) is 12.3 Å². The van der Waals surface area contributed by atoms with Gasteiger partial charge in [-0.05, 0) is 49.1 Å². The number of nitrogens with zero attached hydrogens (tertiary/aromatic N) is 2. The first-order valence-corrected chi connectivity index (χ1v) is 11.2. The molecule has 1 aromatic heterocycles. The van der Waals surface area contributed by atoms with Crippen molar-refractivity contribution in [1.29, 1.82) is 5.41 Å². The van der Waals surface area contributed by atoms with Crippen LogP contribution in [0.15, 0.2) is 96.0 Å². The van der Waals surface area contributed by atoms with Crippen LogP contribution >= 0.6 is 0 Å². The number of allylic oxidation sites excluding steroid dienone is 2. The molecule has 0 bridgehead atoms. The van der Waals surface area contributed by atoms with Crippen LogP contribution in [0.1, 0.15) is 41.9 Å². The van der Waals surface area contributed by atoms with Gasteiger partial charge in [0.05, 0.1) is 0 Å². The average molecular weight is 436 g/mol. The number of amidine groups is 1. The molecule has 1 aliphatic heterocycles. The van der Waals surface area contributed by atoms with E-state index >= 15 is 0 Å². The lowest BCUT2D eigenvalue weighted by atomic mass is 9.73. The Bertz CT molecular complexity index is 1290. The van der Waals surface area contributed by atoms with Gasteiger partial charge in [-0.15, -0.1) is 0 Å². The number of benzene rings is 2. The fraction of sp³-hybridized carbons (Fsp3) is 0.179. The van der Waals surface area contributed by atoms with Crippen molar-refractivity contribution in [3.05, 3.63) is 113 Å². The zero-order valence-electron chi connectivity index (χ0n) is 18.5. The maximum atomic E-state index is 13.4. The number of rotatable bonds is 3. The second-order valence-electron chi connectivity index (χ2n) is 8.51. The SMILES string of the molecule is Cc1cccc(N2C(=N)/C(=C(/O)c3ccccc3)C(c3cccnc3)C3=C2CCCC3=O)c1. The number of aliphatic hydroxyl groups excluding tert-OH is 1. The number of hydrogen-bond acceptors (Lipinski definition) is 4. The number of pyridine rings is 1. The van der Waals surface area contributed by atoms with Crippen LogP contribution in [0.3, 0.4) is 0 Å². The first kappa shape index (κ1) is 20.9.